The van der Waals surface area contributed by atoms with Crippen LogP contribution in [0, 0.1) is 0 Å². The fourth-order valence-corrected chi connectivity index (χ4v) is 1.74. The summed E-state index contributed by atoms with van der Waals surface area (Å²) in [5, 5.41) is 3.35. The van der Waals surface area contributed by atoms with E-state index in [9.17, 15) is 4.21 Å². The van der Waals surface area contributed by atoms with E-state index in [1.54, 1.807) is 0 Å². The molecule has 0 aromatic heterocycles. The van der Waals surface area contributed by atoms with E-state index in [0.717, 1.165) is 13.0 Å². The molecule has 0 heterocycles. The van der Waals surface area contributed by atoms with E-state index in [0.29, 0.717) is 11.8 Å². The SMILES string of the molecule is CCCCC[C@H](C)NCCCS(=O)O. The molecule has 0 aliphatic heterocycles. The van der Waals surface area contributed by atoms with Crippen LogP contribution in [0.1, 0.15) is 46.0 Å². The van der Waals surface area contributed by atoms with Crippen molar-refractivity contribution in [2.45, 2.75) is 52.0 Å². The molecule has 0 bridgehead atoms. The van der Waals surface area contributed by atoms with Gasteiger partial charge in [-0.15, -0.1) is 0 Å². The van der Waals surface area contributed by atoms with Gasteiger partial charge in [-0.25, -0.2) is 4.21 Å². The Bertz CT molecular complexity index is 153. The molecule has 0 amide bonds. The van der Waals surface area contributed by atoms with Crippen LogP contribution in [0.4, 0.5) is 0 Å². The third-order valence-corrected chi connectivity index (χ3v) is 2.87. The van der Waals surface area contributed by atoms with Gasteiger partial charge in [0.15, 0.2) is 11.1 Å². The average molecular weight is 221 g/mol. The van der Waals surface area contributed by atoms with Gasteiger partial charge in [0, 0.05) is 6.04 Å². The van der Waals surface area contributed by atoms with Crippen LogP contribution in [0.15, 0.2) is 0 Å². The lowest BCUT2D eigenvalue weighted by molar-refractivity contribution is 0.485. The first-order valence-corrected chi connectivity index (χ1v) is 6.75. The van der Waals surface area contributed by atoms with E-state index >= 15 is 0 Å². The quantitative estimate of drug-likeness (QED) is 0.463. The highest BCUT2D eigenvalue weighted by molar-refractivity contribution is 7.79. The van der Waals surface area contributed by atoms with Crippen molar-refractivity contribution in [2.24, 2.45) is 0 Å². The smallest absolute Gasteiger partial charge is 0.152 e. The molecule has 0 saturated carbocycles. The summed E-state index contributed by atoms with van der Waals surface area (Å²) in [6.45, 7) is 5.22. The van der Waals surface area contributed by atoms with Crippen molar-refractivity contribution in [2.75, 3.05) is 12.3 Å². The van der Waals surface area contributed by atoms with Crippen molar-refractivity contribution < 1.29 is 8.76 Å². The zero-order valence-corrected chi connectivity index (χ0v) is 10.1. The molecule has 1 unspecified atom stereocenters. The fourth-order valence-electron chi connectivity index (χ4n) is 1.35. The van der Waals surface area contributed by atoms with Crippen LogP contribution in [-0.4, -0.2) is 27.1 Å². The van der Waals surface area contributed by atoms with Crippen LogP contribution < -0.4 is 5.32 Å². The van der Waals surface area contributed by atoms with Gasteiger partial charge in [-0.3, -0.25) is 0 Å². The van der Waals surface area contributed by atoms with E-state index in [1.165, 1.54) is 25.7 Å². The Morgan fingerprint density at radius 2 is 2.07 bits per heavy atom. The minimum absolute atomic E-state index is 0.384. The molecule has 0 spiro atoms. The predicted octanol–water partition coefficient (Wildman–Crippen LogP) is 2.16. The van der Waals surface area contributed by atoms with Gasteiger partial charge < -0.3 is 9.87 Å². The molecule has 0 saturated heterocycles. The molecule has 2 atom stereocenters. The molecule has 4 heteroatoms. The maximum atomic E-state index is 10.3. The molecule has 0 aromatic carbocycles. The third kappa shape index (κ3) is 10.2. The van der Waals surface area contributed by atoms with E-state index in [4.69, 9.17) is 4.55 Å². The first-order chi connectivity index (χ1) is 6.66. The van der Waals surface area contributed by atoms with Gasteiger partial charge in [-0.1, -0.05) is 26.2 Å². The highest BCUT2D eigenvalue weighted by atomic mass is 32.2. The number of rotatable bonds is 9. The maximum Gasteiger partial charge on any atom is 0.152 e. The summed E-state index contributed by atoms with van der Waals surface area (Å²) < 4.78 is 18.9. The fraction of sp³-hybridized carbons (Fsp3) is 1.00. The average Bonchev–Trinajstić information content (AvgIpc) is 2.13. The monoisotopic (exact) mass is 221 g/mol. The predicted molar refractivity (Wildman–Crippen MR) is 61.9 cm³/mol. The Labute approximate surface area is 90.0 Å². The van der Waals surface area contributed by atoms with Crippen molar-refractivity contribution in [1.82, 2.24) is 5.32 Å². The van der Waals surface area contributed by atoms with Crippen LogP contribution in [0.3, 0.4) is 0 Å². The molecule has 0 fully saturated rings. The van der Waals surface area contributed by atoms with Crippen LogP contribution in [0.2, 0.25) is 0 Å². The Balaban J connectivity index is 3.18. The second-order valence-corrected chi connectivity index (χ2v) is 4.78. The molecule has 2 N–H and O–H groups in total. The minimum Gasteiger partial charge on any atom is -0.314 e. The molecule has 0 aliphatic rings. The van der Waals surface area contributed by atoms with Gasteiger partial charge in [0.25, 0.3) is 0 Å². The van der Waals surface area contributed by atoms with Crippen molar-refractivity contribution >= 4 is 11.1 Å². The summed E-state index contributed by atoms with van der Waals surface area (Å²) >= 11 is -1.63. The Kier molecular flexibility index (Phi) is 9.67. The van der Waals surface area contributed by atoms with Crippen molar-refractivity contribution in [3.63, 3.8) is 0 Å². The number of hydrogen-bond donors (Lipinski definition) is 2. The minimum atomic E-state index is -1.63. The number of nitrogens with one attached hydrogen (secondary N) is 1. The van der Waals surface area contributed by atoms with E-state index in [1.807, 2.05) is 0 Å². The van der Waals surface area contributed by atoms with Crippen molar-refractivity contribution in [1.29, 1.82) is 0 Å². The van der Waals surface area contributed by atoms with Gasteiger partial charge in [0.05, 0.1) is 5.75 Å². The van der Waals surface area contributed by atoms with Crippen molar-refractivity contribution in [3.05, 3.63) is 0 Å². The lowest BCUT2D eigenvalue weighted by Crippen LogP contribution is -2.27. The molecular formula is C10H23NO2S. The molecule has 3 nitrogen and oxygen atoms in total. The van der Waals surface area contributed by atoms with Crippen LogP contribution >= 0.6 is 0 Å². The van der Waals surface area contributed by atoms with Gasteiger partial charge in [-0.05, 0) is 26.3 Å². The van der Waals surface area contributed by atoms with Crippen molar-refractivity contribution in [3.8, 4) is 0 Å². The Morgan fingerprint density at radius 3 is 2.64 bits per heavy atom. The summed E-state index contributed by atoms with van der Waals surface area (Å²) in [6, 6.07) is 0.536. The molecule has 86 valence electrons. The summed E-state index contributed by atoms with van der Waals surface area (Å²) in [4.78, 5) is 0. The van der Waals surface area contributed by atoms with Crippen LogP contribution in [-0.2, 0) is 11.1 Å². The molecule has 0 radical (unpaired) electrons. The molecule has 0 aliphatic carbocycles. The number of hydrogen-bond acceptors (Lipinski definition) is 2. The van der Waals surface area contributed by atoms with Gasteiger partial charge in [0.1, 0.15) is 0 Å². The topological polar surface area (TPSA) is 49.3 Å². The Hall–Kier alpha value is 0.0700. The third-order valence-electron chi connectivity index (χ3n) is 2.23. The van der Waals surface area contributed by atoms with Crippen LogP contribution in [0.25, 0.3) is 0 Å². The molecule has 14 heavy (non-hydrogen) atoms. The zero-order chi connectivity index (χ0) is 10.8. The second kappa shape index (κ2) is 9.62. The second-order valence-electron chi connectivity index (χ2n) is 3.73. The lowest BCUT2D eigenvalue weighted by Gasteiger charge is -2.12. The van der Waals surface area contributed by atoms with Gasteiger partial charge in [0.2, 0.25) is 0 Å². The van der Waals surface area contributed by atoms with Crippen LogP contribution in [0.5, 0.6) is 0 Å². The van der Waals surface area contributed by atoms with E-state index < -0.39 is 11.1 Å². The summed E-state index contributed by atoms with van der Waals surface area (Å²) in [7, 11) is 0. The lowest BCUT2D eigenvalue weighted by atomic mass is 10.1. The summed E-state index contributed by atoms with van der Waals surface area (Å²) in [6.07, 6.45) is 5.82. The first kappa shape index (κ1) is 14.1. The molecular weight excluding hydrogens is 198 g/mol. The largest absolute Gasteiger partial charge is 0.314 e. The molecule has 0 aromatic rings. The first-order valence-electron chi connectivity index (χ1n) is 5.47. The maximum absolute atomic E-state index is 10.3. The zero-order valence-electron chi connectivity index (χ0n) is 9.29. The van der Waals surface area contributed by atoms with Gasteiger partial charge >= 0.3 is 0 Å². The van der Waals surface area contributed by atoms with E-state index in [2.05, 4.69) is 19.2 Å². The number of unbranched alkanes of at least 4 members (excludes halogenated alkanes) is 2. The highest BCUT2D eigenvalue weighted by Gasteiger charge is 2.00. The van der Waals surface area contributed by atoms with Gasteiger partial charge in [-0.2, -0.15) is 0 Å². The van der Waals surface area contributed by atoms with E-state index in [-0.39, 0.29) is 0 Å². The highest BCUT2D eigenvalue weighted by Crippen LogP contribution is 2.02. The molecule has 0 rings (SSSR count). The Morgan fingerprint density at radius 1 is 1.36 bits per heavy atom. The summed E-state index contributed by atoms with van der Waals surface area (Å²) in [5.74, 6) is 0.384. The normalized spacial score (nSPS) is 15.4. The standard InChI is InChI=1S/C10H23NO2S/c1-3-4-5-7-10(2)11-8-6-9-14(12)13/h10-11H,3-9H2,1-2H3,(H,12,13)/t10-/m0/s1. The summed E-state index contributed by atoms with van der Waals surface area (Å²) in [5.41, 5.74) is 0.